The molecule has 1 aromatic heterocycles. The summed E-state index contributed by atoms with van der Waals surface area (Å²) in [6.45, 7) is 4.22. The van der Waals surface area contributed by atoms with Crippen molar-refractivity contribution in [1.82, 2.24) is 10.1 Å². The molecule has 0 radical (unpaired) electrons. The second kappa shape index (κ2) is 5.22. The van der Waals surface area contributed by atoms with Gasteiger partial charge < -0.3 is 10.3 Å². The van der Waals surface area contributed by atoms with Crippen LogP contribution in [0.4, 0.5) is 0 Å². The first kappa shape index (κ1) is 13.6. The van der Waals surface area contributed by atoms with Crippen LogP contribution in [0.5, 0.6) is 0 Å². The number of nitrogens with zero attached hydrogens (tertiary/aromatic N) is 2. The van der Waals surface area contributed by atoms with Crippen LogP contribution < -0.4 is 5.73 Å². The van der Waals surface area contributed by atoms with Gasteiger partial charge in [0.1, 0.15) is 0 Å². The number of benzene rings is 1. The van der Waals surface area contributed by atoms with E-state index in [1.807, 2.05) is 30.0 Å². The number of nitrogens with two attached hydrogens (primary N) is 1. The van der Waals surface area contributed by atoms with Gasteiger partial charge in [0.25, 0.3) is 0 Å². The van der Waals surface area contributed by atoms with E-state index in [1.165, 1.54) is 5.56 Å². The molecule has 1 fully saturated rings. The predicted octanol–water partition coefficient (Wildman–Crippen LogP) is 2.55. The SMILES string of the molecule is CC(C)(c1ccccc1)c1noc(C2CSCC2N)n1. The number of rotatable bonds is 3. The minimum Gasteiger partial charge on any atom is -0.339 e. The fraction of sp³-hybridized carbons (Fsp3) is 0.467. The summed E-state index contributed by atoms with van der Waals surface area (Å²) in [7, 11) is 0. The van der Waals surface area contributed by atoms with Crippen molar-refractivity contribution in [3.63, 3.8) is 0 Å². The molecule has 1 aliphatic rings. The molecule has 2 N–H and O–H groups in total. The van der Waals surface area contributed by atoms with Crippen molar-refractivity contribution < 1.29 is 4.52 Å². The highest BCUT2D eigenvalue weighted by Gasteiger charge is 2.34. The molecule has 2 atom stereocenters. The molecule has 0 aliphatic carbocycles. The highest BCUT2D eigenvalue weighted by Crippen LogP contribution is 2.34. The zero-order valence-corrected chi connectivity index (χ0v) is 12.6. The van der Waals surface area contributed by atoms with Gasteiger partial charge in [-0.25, -0.2) is 0 Å². The molecular weight excluding hydrogens is 270 g/mol. The van der Waals surface area contributed by atoms with Gasteiger partial charge in [-0.15, -0.1) is 0 Å². The average molecular weight is 289 g/mol. The second-order valence-corrected chi connectivity index (χ2v) is 6.83. The van der Waals surface area contributed by atoms with E-state index in [9.17, 15) is 0 Å². The summed E-state index contributed by atoms with van der Waals surface area (Å²) in [5, 5.41) is 4.19. The molecule has 0 bridgehead atoms. The number of hydrogen-bond acceptors (Lipinski definition) is 5. The summed E-state index contributed by atoms with van der Waals surface area (Å²) in [5.41, 5.74) is 7.00. The van der Waals surface area contributed by atoms with E-state index < -0.39 is 0 Å². The normalized spacial score (nSPS) is 23.1. The smallest absolute Gasteiger partial charge is 0.232 e. The molecule has 106 valence electrons. The standard InChI is InChI=1S/C15H19N3OS/c1-15(2,10-6-4-3-5-7-10)14-17-13(19-18-14)11-8-20-9-12(11)16/h3-7,11-12H,8-9,16H2,1-2H3. The first-order valence-electron chi connectivity index (χ1n) is 6.82. The van der Waals surface area contributed by atoms with Crippen molar-refractivity contribution in [2.45, 2.75) is 31.2 Å². The molecular formula is C15H19N3OS. The Balaban J connectivity index is 1.90. The van der Waals surface area contributed by atoms with Crippen LogP contribution in [0.15, 0.2) is 34.9 Å². The van der Waals surface area contributed by atoms with Crippen LogP contribution in [0.2, 0.25) is 0 Å². The molecule has 0 saturated carbocycles. The maximum absolute atomic E-state index is 6.09. The third-order valence-corrected chi connectivity index (χ3v) is 5.15. The fourth-order valence-electron chi connectivity index (χ4n) is 2.45. The van der Waals surface area contributed by atoms with Gasteiger partial charge in [0.05, 0.1) is 11.3 Å². The quantitative estimate of drug-likeness (QED) is 0.940. The molecule has 2 unspecified atom stereocenters. The molecule has 3 rings (SSSR count). The molecule has 5 heteroatoms. The molecule has 20 heavy (non-hydrogen) atoms. The maximum atomic E-state index is 6.09. The van der Waals surface area contributed by atoms with Crippen molar-refractivity contribution in [3.05, 3.63) is 47.6 Å². The Morgan fingerprint density at radius 3 is 2.65 bits per heavy atom. The van der Waals surface area contributed by atoms with Crippen LogP contribution in [-0.2, 0) is 5.41 Å². The van der Waals surface area contributed by atoms with E-state index in [0.717, 1.165) is 17.3 Å². The van der Waals surface area contributed by atoms with E-state index in [0.29, 0.717) is 5.89 Å². The minimum absolute atomic E-state index is 0.119. The lowest BCUT2D eigenvalue weighted by Gasteiger charge is -2.20. The molecule has 2 heterocycles. The van der Waals surface area contributed by atoms with E-state index in [2.05, 4.69) is 36.1 Å². The second-order valence-electron chi connectivity index (χ2n) is 5.76. The van der Waals surface area contributed by atoms with Gasteiger partial charge in [0.15, 0.2) is 5.82 Å². The lowest BCUT2D eigenvalue weighted by Crippen LogP contribution is -2.27. The van der Waals surface area contributed by atoms with Crippen molar-refractivity contribution in [2.24, 2.45) is 5.73 Å². The van der Waals surface area contributed by atoms with Crippen LogP contribution in [0.3, 0.4) is 0 Å². The van der Waals surface area contributed by atoms with Gasteiger partial charge in [-0.05, 0) is 19.4 Å². The van der Waals surface area contributed by atoms with Gasteiger partial charge in [-0.3, -0.25) is 0 Å². The first-order valence-corrected chi connectivity index (χ1v) is 7.97. The van der Waals surface area contributed by atoms with E-state index >= 15 is 0 Å². The topological polar surface area (TPSA) is 64.9 Å². The van der Waals surface area contributed by atoms with Crippen molar-refractivity contribution >= 4 is 11.8 Å². The Morgan fingerprint density at radius 1 is 1.25 bits per heavy atom. The Morgan fingerprint density at radius 2 is 2.00 bits per heavy atom. The predicted molar refractivity (Wildman–Crippen MR) is 80.9 cm³/mol. The molecule has 4 nitrogen and oxygen atoms in total. The Hall–Kier alpha value is -1.33. The molecule has 1 saturated heterocycles. The summed E-state index contributed by atoms with van der Waals surface area (Å²) in [4.78, 5) is 4.62. The van der Waals surface area contributed by atoms with Crippen molar-refractivity contribution in [3.8, 4) is 0 Å². The van der Waals surface area contributed by atoms with Gasteiger partial charge in [-0.1, -0.05) is 35.5 Å². The molecule has 0 amide bonds. The Bertz CT molecular complexity index is 582. The lowest BCUT2D eigenvalue weighted by atomic mass is 9.84. The van der Waals surface area contributed by atoms with Crippen LogP contribution >= 0.6 is 11.8 Å². The third kappa shape index (κ3) is 2.36. The summed E-state index contributed by atoms with van der Waals surface area (Å²) in [6.07, 6.45) is 0. The van der Waals surface area contributed by atoms with Gasteiger partial charge in [-0.2, -0.15) is 16.7 Å². The van der Waals surface area contributed by atoms with Crippen LogP contribution in [0.1, 0.15) is 37.0 Å². The van der Waals surface area contributed by atoms with Crippen LogP contribution in [0.25, 0.3) is 0 Å². The number of hydrogen-bond donors (Lipinski definition) is 1. The molecule has 1 aromatic carbocycles. The largest absolute Gasteiger partial charge is 0.339 e. The van der Waals surface area contributed by atoms with Crippen LogP contribution in [-0.4, -0.2) is 27.7 Å². The number of aromatic nitrogens is 2. The van der Waals surface area contributed by atoms with Gasteiger partial charge >= 0.3 is 0 Å². The van der Waals surface area contributed by atoms with Gasteiger partial charge in [0, 0.05) is 17.5 Å². The van der Waals surface area contributed by atoms with Gasteiger partial charge in [0.2, 0.25) is 5.89 Å². The summed E-state index contributed by atoms with van der Waals surface area (Å²) in [5.74, 6) is 3.52. The summed E-state index contributed by atoms with van der Waals surface area (Å²) < 4.78 is 5.47. The lowest BCUT2D eigenvalue weighted by molar-refractivity contribution is 0.344. The van der Waals surface area contributed by atoms with E-state index in [-0.39, 0.29) is 17.4 Å². The third-order valence-electron chi connectivity index (χ3n) is 3.94. The van der Waals surface area contributed by atoms with E-state index in [4.69, 9.17) is 10.3 Å². The molecule has 0 spiro atoms. The van der Waals surface area contributed by atoms with Crippen LogP contribution in [0, 0.1) is 0 Å². The monoisotopic (exact) mass is 289 g/mol. The number of thioether (sulfide) groups is 1. The highest BCUT2D eigenvalue weighted by molar-refractivity contribution is 7.99. The highest BCUT2D eigenvalue weighted by atomic mass is 32.2. The summed E-state index contributed by atoms with van der Waals surface area (Å²) in [6, 6.07) is 10.4. The first-order chi connectivity index (χ1) is 9.59. The zero-order chi connectivity index (χ0) is 14.2. The Labute approximate surface area is 123 Å². The average Bonchev–Trinajstić information content (AvgIpc) is 3.08. The minimum atomic E-state index is -0.265. The molecule has 2 aromatic rings. The zero-order valence-electron chi connectivity index (χ0n) is 11.7. The van der Waals surface area contributed by atoms with E-state index in [1.54, 1.807) is 0 Å². The molecule has 1 aliphatic heterocycles. The maximum Gasteiger partial charge on any atom is 0.232 e. The summed E-state index contributed by atoms with van der Waals surface area (Å²) >= 11 is 1.85. The van der Waals surface area contributed by atoms with Crippen molar-refractivity contribution in [2.75, 3.05) is 11.5 Å². The Kier molecular flexibility index (Phi) is 3.56. The fourth-order valence-corrected chi connectivity index (χ4v) is 3.73. The van der Waals surface area contributed by atoms with Crippen molar-refractivity contribution in [1.29, 1.82) is 0 Å².